The number of nitrogens with one attached hydrogen (secondary N) is 1. The first kappa shape index (κ1) is 7.42. The molecule has 1 fully saturated rings. The molecule has 2 rings (SSSR count). The monoisotopic (exact) mass is 160 g/mol. The molecule has 2 aliphatic rings. The summed E-state index contributed by atoms with van der Waals surface area (Å²) in [7, 11) is 0. The van der Waals surface area contributed by atoms with E-state index in [9.17, 15) is 0 Å². The average Bonchev–Trinajstić information content (AvgIpc) is 2.17. The van der Waals surface area contributed by atoms with Crippen LogP contribution in [0.25, 0.3) is 0 Å². The van der Waals surface area contributed by atoms with Crippen LogP contribution >= 0.6 is 0 Å². The van der Waals surface area contributed by atoms with Crippen molar-refractivity contribution in [1.82, 2.24) is 5.32 Å². The van der Waals surface area contributed by atoms with Crippen LogP contribution in [0.4, 0.5) is 0 Å². The van der Waals surface area contributed by atoms with Gasteiger partial charge in [0.15, 0.2) is 0 Å². The third-order valence-corrected chi connectivity index (χ3v) is 2.60. The molecule has 0 saturated carbocycles. The van der Waals surface area contributed by atoms with Gasteiger partial charge in [-0.05, 0) is 18.9 Å². The Morgan fingerprint density at radius 2 is 2.50 bits per heavy atom. The lowest BCUT2D eigenvalue weighted by Gasteiger charge is -2.30. The van der Waals surface area contributed by atoms with Gasteiger partial charge in [0.2, 0.25) is 0 Å². The summed E-state index contributed by atoms with van der Waals surface area (Å²) in [6.07, 6.45) is 8.42. The van der Waals surface area contributed by atoms with Crippen LogP contribution in [0, 0.1) is 23.2 Å². The largest absolute Gasteiger partial charge is 0.388 e. The maximum absolute atomic E-state index is 8.87. The van der Waals surface area contributed by atoms with E-state index < -0.39 is 0 Å². The van der Waals surface area contributed by atoms with E-state index in [0.717, 1.165) is 13.0 Å². The molecule has 1 aliphatic heterocycles. The number of allylic oxidation sites excluding steroid dienone is 4. The summed E-state index contributed by atoms with van der Waals surface area (Å²) in [5, 5.41) is 12.2. The smallest absolute Gasteiger partial charge is 0.0729 e. The molecule has 0 aromatic carbocycles. The maximum atomic E-state index is 8.87. The second-order valence-electron chi connectivity index (χ2n) is 3.34. The molecule has 1 heterocycles. The molecule has 0 radical (unpaired) electrons. The molecular weight excluding hydrogens is 148 g/mol. The molecule has 0 bridgehead atoms. The molecule has 0 amide bonds. The number of hydrogen-bond acceptors (Lipinski definition) is 2. The highest BCUT2D eigenvalue weighted by atomic mass is 14.9. The SMILES string of the molecule is N#CC1C=CC=C2NCCCC21. The summed E-state index contributed by atoms with van der Waals surface area (Å²) in [5.74, 6) is 0.534. The van der Waals surface area contributed by atoms with E-state index in [1.54, 1.807) is 0 Å². The van der Waals surface area contributed by atoms with Crippen LogP contribution in [0.5, 0.6) is 0 Å². The van der Waals surface area contributed by atoms with Crippen molar-refractivity contribution in [2.45, 2.75) is 12.8 Å². The zero-order valence-corrected chi connectivity index (χ0v) is 6.96. The third-order valence-electron chi connectivity index (χ3n) is 2.60. The second-order valence-corrected chi connectivity index (χ2v) is 3.34. The van der Waals surface area contributed by atoms with Gasteiger partial charge in [0.25, 0.3) is 0 Å². The van der Waals surface area contributed by atoms with E-state index >= 15 is 0 Å². The lowest BCUT2D eigenvalue weighted by atomic mass is 9.81. The van der Waals surface area contributed by atoms with Gasteiger partial charge in [-0.1, -0.05) is 12.2 Å². The Hall–Kier alpha value is -1.23. The van der Waals surface area contributed by atoms with Crippen LogP contribution in [-0.4, -0.2) is 6.54 Å². The number of hydrogen-bond donors (Lipinski definition) is 1. The first-order valence-corrected chi connectivity index (χ1v) is 4.43. The standard InChI is InChI=1S/C10H12N2/c11-7-8-3-1-5-10-9(8)4-2-6-12-10/h1,3,5,8-9,12H,2,4,6H2. The van der Waals surface area contributed by atoms with Gasteiger partial charge in [-0.25, -0.2) is 0 Å². The molecule has 0 aromatic heterocycles. The number of rotatable bonds is 0. The summed E-state index contributed by atoms with van der Waals surface area (Å²) in [6, 6.07) is 2.34. The highest BCUT2D eigenvalue weighted by Crippen LogP contribution is 2.30. The van der Waals surface area contributed by atoms with E-state index in [2.05, 4.69) is 17.5 Å². The van der Waals surface area contributed by atoms with Gasteiger partial charge in [0, 0.05) is 18.2 Å². The normalized spacial score (nSPS) is 32.8. The van der Waals surface area contributed by atoms with Gasteiger partial charge < -0.3 is 5.32 Å². The quantitative estimate of drug-likeness (QED) is 0.584. The van der Waals surface area contributed by atoms with Crippen molar-refractivity contribution in [3.8, 4) is 6.07 Å². The summed E-state index contributed by atoms with van der Waals surface area (Å²) in [4.78, 5) is 0. The van der Waals surface area contributed by atoms with Gasteiger partial charge in [-0.3, -0.25) is 0 Å². The van der Waals surface area contributed by atoms with E-state index in [0.29, 0.717) is 5.92 Å². The van der Waals surface area contributed by atoms with Gasteiger partial charge >= 0.3 is 0 Å². The third kappa shape index (κ3) is 1.12. The van der Waals surface area contributed by atoms with Crippen molar-refractivity contribution >= 4 is 0 Å². The van der Waals surface area contributed by atoms with Crippen LogP contribution in [0.15, 0.2) is 23.9 Å². The fourth-order valence-corrected chi connectivity index (χ4v) is 1.94. The minimum Gasteiger partial charge on any atom is -0.388 e. The van der Waals surface area contributed by atoms with Crippen LogP contribution in [0.3, 0.4) is 0 Å². The number of nitrogens with zero attached hydrogens (tertiary/aromatic N) is 1. The number of fused-ring (bicyclic) bond motifs is 1. The first-order valence-electron chi connectivity index (χ1n) is 4.43. The van der Waals surface area contributed by atoms with Crippen LogP contribution in [0.1, 0.15) is 12.8 Å². The number of piperidine rings is 1. The summed E-state index contributed by atoms with van der Waals surface area (Å²) in [5.41, 5.74) is 1.26. The van der Waals surface area contributed by atoms with Crippen molar-refractivity contribution in [2.75, 3.05) is 6.54 Å². The Bertz CT molecular complexity index is 270. The molecule has 2 heteroatoms. The Kier molecular flexibility index (Phi) is 1.87. The molecule has 1 saturated heterocycles. The summed E-state index contributed by atoms with van der Waals surface area (Å²) < 4.78 is 0. The highest BCUT2D eigenvalue weighted by molar-refractivity contribution is 5.26. The molecule has 12 heavy (non-hydrogen) atoms. The highest BCUT2D eigenvalue weighted by Gasteiger charge is 2.26. The fraction of sp³-hybridized carbons (Fsp3) is 0.500. The minimum atomic E-state index is 0.0952. The van der Waals surface area contributed by atoms with Gasteiger partial charge in [-0.2, -0.15) is 5.26 Å². The van der Waals surface area contributed by atoms with Crippen LogP contribution in [0.2, 0.25) is 0 Å². The molecule has 1 aliphatic carbocycles. The van der Waals surface area contributed by atoms with Crippen molar-refractivity contribution in [2.24, 2.45) is 11.8 Å². The zero-order valence-electron chi connectivity index (χ0n) is 6.96. The molecule has 0 spiro atoms. The van der Waals surface area contributed by atoms with Crippen molar-refractivity contribution in [3.05, 3.63) is 23.9 Å². The predicted octanol–water partition coefficient (Wildman–Crippen LogP) is 1.58. The molecular formula is C10H12N2. The Balaban J connectivity index is 2.22. The average molecular weight is 160 g/mol. The maximum Gasteiger partial charge on any atom is 0.0729 e. The van der Waals surface area contributed by atoms with E-state index in [-0.39, 0.29) is 5.92 Å². The van der Waals surface area contributed by atoms with Gasteiger partial charge in [0.1, 0.15) is 0 Å². The van der Waals surface area contributed by atoms with Gasteiger partial charge in [0.05, 0.1) is 12.0 Å². The fourth-order valence-electron chi connectivity index (χ4n) is 1.94. The molecule has 2 unspecified atom stereocenters. The zero-order chi connectivity index (χ0) is 8.39. The molecule has 2 nitrogen and oxygen atoms in total. The van der Waals surface area contributed by atoms with Gasteiger partial charge in [-0.15, -0.1) is 0 Å². The minimum absolute atomic E-state index is 0.0952. The van der Waals surface area contributed by atoms with Crippen molar-refractivity contribution in [3.63, 3.8) is 0 Å². The molecule has 2 atom stereocenters. The van der Waals surface area contributed by atoms with E-state index in [1.807, 2.05) is 12.2 Å². The second kappa shape index (κ2) is 3.02. The lowest BCUT2D eigenvalue weighted by molar-refractivity contribution is 0.398. The summed E-state index contributed by atoms with van der Waals surface area (Å²) >= 11 is 0. The number of nitriles is 1. The van der Waals surface area contributed by atoms with Crippen molar-refractivity contribution < 1.29 is 0 Å². The predicted molar refractivity (Wildman–Crippen MR) is 47.1 cm³/mol. The van der Waals surface area contributed by atoms with Crippen LogP contribution < -0.4 is 5.32 Å². The lowest BCUT2D eigenvalue weighted by Crippen LogP contribution is -2.32. The summed E-state index contributed by atoms with van der Waals surface area (Å²) in [6.45, 7) is 1.06. The Labute approximate surface area is 72.6 Å². The Morgan fingerprint density at radius 3 is 3.33 bits per heavy atom. The molecule has 1 N–H and O–H groups in total. The first-order chi connectivity index (χ1) is 5.92. The van der Waals surface area contributed by atoms with E-state index in [4.69, 9.17) is 5.26 Å². The van der Waals surface area contributed by atoms with Crippen LogP contribution in [-0.2, 0) is 0 Å². The molecule has 0 aromatic rings. The van der Waals surface area contributed by atoms with Crippen molar-refractivity contribution in [1.29, 1.82) is 5.26 Å². The molecule has 62 valence electrons. The Morgan fingerprint density at radius 1 is 1.58 bits per heavy atom. The topological polar surface area (TPSA) is 35.8 Å². The van der Waals surface area contributed by atoms with E-state index in [1.165, 1.54) is 12.1 Å².